The van der Waals surface area contributed by atoms with Crippen LogP contribution < -0.4 is 5.32 Å². The van der Waals surface area contributed by atoms with Crippen LogP contribution in [-0.4, -0.2) is 24.7 Å². The first-order chi connectivity index (χ1) is 17.3. The van der Waals surface area contributed by atoms with Crippen molar-refractivity contribution < 1.29 is 26.4 Å². The van der Waals surface area contributed by atoms with Crippen molar-refractivity contribution in [3.05, 3.63) is 99.1 Å². The van der Waals surface area contributed by atoms with Crippen molar-refractivity contribution in [2.75, 3.05) is 0 Å². The Bertz CT molecular complexity index is 1440. The first kappa shape index (κ1) is 26.9. The number of amides is 1. The van der Waals surface area contributed by atoms with Crippen LogP contribution in [0.1, 0.15) is 44.5 Å². The molecule has 196 valence electrons. The van der Waals surface area contributed by atoms with Crippen molar-refractivity contribution in [1.29, 1.82) is 0 Å². The third kappa shape index (κ3) is 5.29. The van der Waals surface area contributed by atoms with Crippen LogP contribution in [0, 0.1) is 27.7 Å². The lowest BCUT2D eigenvalue weighted by Crippen LogP contribution is -2.52. The summed E-state index contributed by atoms with van der Waals surface area (Å²) < 4.78 is 68.8. The highest BCUT2D eigenvalue weighted by Gasteiger charge is 2.41. The minimum atomic E-state index is -4.50. The van der Waals surface area contributed by atoms with Crippen molar-refractivity contribution in [2.45, 2.75) is 64.3 Å². The Kier molecular flexibility index (Phi) is 7.23. The van der Waals surface area contributed by atoms with E-state index in [1.54, 1.807) is 13.8 Å². The monoisotopic (exact) mass is 530 g/mol. The number of hydrogen-bond donors (Lipinski definition) is 1. The first-order valence-corrected chi connectivity index (χ1v) is 13.3. The minimum Gasteiger partial charge on any atom is -0.351 e. The van der Waals surface area contributed by atoms with Gasteiger partial charge < -0.3 is 5.32 Å². The molecule has 0 aliphatic carbocycles. The average molecular weight is 531 g/mol. The van der Waals surface area contributed by atoms with Gasteiger partial charge in [-0.05, 0) is 85.2 Å². The minimum absolute atomic E-state index is 0.0199. The maximum absolute atomic E-state index is 14.1. The molecule has 1 heterocycles. The summed E-state index contributed by atoms with van der Waals surface area (Å²) in [6.07, 6.45) is -4.34. The van der Waals surface area contributed by atoms with E-state index < -0.39 is 33.7 Å². The lowest BCUT2D eigenvalue weighted by molar-refractivity contribution is -0.137. The molecular formula is C28H29F3N2O3S. The van der Waals surface area contributed by atoms with Crippen molar-refractivity contribution in [1.82, 2.24) is 9.62 Å². The maximum Gasteiger partial charge on any atom is 0.416 e. The van der Waals surface area contributed by atoms with Crippen LogP contribution in [0.4, 0.5) is 13.2 Å². The summed E-state index contributed by atoms with van der Waals surface area (Å²) >= 11 is 0. The molecule has 1 aliphatic rings. The van der Waals surface area contributed by atoms with Gasteiger partial charge in [-0.15, -0.1) is 0 Å². The number of rotatable bonds is 5. The zero-order chi connectivity index (χ0) is 27.1. The number of nitrogens with one attached hydrogen (secondary N) is 1. The number of fused-ring (bicyclic) bond motifs is 1. The molecule has 1 aliphatic heterocycles. The van der Waals surface area contributed by atoms with Crippen LogP contribution in [0.15, 0.2) is 59.5 Å². The lowest BCUT2D eigenvalue weighted by Gasteiger charge is -2.36. The number of carbonyl (C=O) groups excluding carboxylic acids is 1. The molecule has 37 heavy (non-hydrogen) atoms. The number of hydrogen-bond acceptors (Lipinski definition) is 3. The van der Waals surface area contributed by atoms with Gasteiger partial charge in [0, 0.05) is 13.1 Å². The summed E-state index contributed by atoms with van der Waals surface area (Å²) in [5, 5.41) is 2.67. The first-order valence-electron chi connectivity index (χ1n) is 11.9. The van der Waals surface area contributed by atoms with Gasteiger partial charge in [0.15, 0.2) is 0 Å². The fourth-order valence-corrected chi connectivity index (χ4v) is 6.97. The Balaban J connectivity index is 1.70. The molecular weight excluding hydrogens is 501 g/mol. The summed E-state index contributed by atoms with van der Waals surface area (Å²) in [5.41, 5.74) is 4.07. The molecule has 0 spiro atoms. The molecule has 1 amide bonds. The highest BCUT2D eigenvalue weighted by molar-refractivity contribution is 7.89. The van der Waals surface area contributed by atoms with Crippen LogP contribution in [-0.2, 0) is 40.5 Å². The standard InChI is InChI=1S/C28H29F3N2O3S/c1-17-12-18(2)20(4)26(19(17)3)37(35,36)33-16-23-10-6-5-9-22(23)14-25(33)27(34)32-15-21-8-7-11-24(13-21)28(29,30)31/h5-13,25H,14-16H2,1-4H3,(H,32,34)/t25-/m1/s1. The average Bonchev–Trinajstić information content (AvgIpc) is 2.85. The molecule has 0 fully saturated rings. The van der Waals surface area contributed by atoms with Crippen LogP contribution in [0.5, 0.6) is 0 Å². The van der Waals surface area contributed by atoms with Crippen molar-refractivity contribution in [2.24, 2.45) is 0 Å². The van der Waals surface area contributed by atoms with E-state index in [2.05, 4.69) is 5.32 Å². The van der Waals surface area contributed by atoms with Gasteiger partial charge in [-0.3, -0.25) is 4.79 Å². The highest BCUT2D eigenvalue weighted by atomic mass is 32.2. The smallest absolute Gasteiger partial charge is 0.351 e. The molecule has 9 heteroatoms. The molecule has 3 aromatic rings. The number of alkyl halides is 3. The quantitative estimate of drug-likeness (QED) is 0.482. The molecule has 0 unspecified atom stereocenters. The second-order valence-corrected chi connectivity index (χ2v) is 11.4. The fourth-order valence-electron chi connectivity index (χ4n) is 4.82. The van der Waals surface area contributed by atoms with E-state index in [0.29, 0.717) is 11.1 Å². The van der Waals surface area contributed by atoms with Gasteiger partial charge in [0.2, 0.25) is 15.9 Å². The van der Waals surface area contributed by atoms with Gasteiger partial charge in [-0.1, -0.05) is 42.5 Å². The number of carbonyl (C=O) groups is 1. The third-order valence-electron chi connectivity index (χ3n) is 7.09. The van der Waals surface area contributed by atoms with Crippen LogP contribution in [0.2, 0.25) is 0 Å². The van der Waals surface area contributed by atoms with E-state index in [4.69, 9.17) is 0 Å². The maximum atomic E-state index is 14.1. The summed E-state index contributed by atoms with van der Waals surface area (Å²) in [6, 6.07) is 13.0. The third-order valence-corrected chi connectivity index (χ3v) is 9.22. The van der Waals surface area contributed by atoms with Crippen LogP contribution >= 0.6 is 0 Å². The number of halogens is 3. The summed E-state index contributed by atoms with van der Waals surface area (Å²) in [6.45, 7) is 7.09. The molecule has 4 rings (SSSR count). The van der Waals surface area contributed by atoms with E-state index in [9.17, 15) is 26.4 Å². The topological polar surface area (TPSA) is 66.5 Å². The van der Waals surface area contributed by atoms with Gasteiger partial charge in [-0.25, -0.2) is 8.42 Å². The Hall–Kier alpha value is -3.17. The van der Waals surface area contributed by atoms with Crippen molar-refractivity contribution >= 4 is 15.9 Å². The number of aryl methyl sites for hydroxylation is 2. The second-order valence-electron chi connectivity index (χ2n) is 9.54. The molecule has 0 saturated carbocycles. The molecule has 5 nitrogen and oxygen atoms in total. The molecule has 1 N–H and O–H groups in total. The molecule has 0 bridgehead atoms. The van der Waals surface area contributed by atoms with Crippen LogP contribution in [0.3, 0.4) is 0 Å². The SMILES string of the molecule is Cc1cc(C)c(C)c(S(=O)(=O)N2Cc3ccccc3C[C@@H]2C(=O)NCc2cccc(C(F)(F)F)c2)c1C. The molecule has 1 atom stereocenters. The van der Waals surface area contributed by atoms with Gasteiger partial charge >= 0.3 is 6.18 Å². The Morgan fingerprint density at radius 3 is 2.19 bits per heavy atom. The molecule has 0 aromatic heterocycles. The van der Waals surface area contributed by atoms with Crippen LogP contribution in [0.25, 0.3) is 0 Å². The van der Waals surface area contributed by atoms with Gasteiger partial charge in [0.25, 0.3) is 0 Å². The zero-order valence-corrected chi connectivity index (χ0v) is 21.9. The Morgan fingerprint density at radius 2 is 1.57 bits per heavy atom. The fraction of sp³-hybridized carbons (Fsp3) is 0.321. The second kappa shape index (κ2) is 9.95. The van der Waals surface area contributed by atoms with Gasteiger partial charge in [-0.2, -0.15) is 17.5 Å². The zero-order valence-electron chi connectivity index (χ0n) is 21.1. The summed E-state index contributed by atoms with van der Waals surface area (Å²) in [4.78, 5) is 13.6. The number of benzene rings is 3. The number of nitrogens with zero attached hydrogens (tertiary/aromatic N) is 1. The van der Waals surface area contributed by atoms with E-state index in [1.165, 1.54) is 16.4 Å². The summed E-state index contributed by atoms with van der Waals surface area (Å²) in [5.74, 6) is -0.560. The largest absolute Gasteiger partial charge is 0.416 e. The Labute approximate surface area is 215 Å². The lowest BCUT2D eigenvalue weighted by atomic mass is 9.95. The summed E-state index contributed by atoms with van der Waals surface area (Å²) in [7, 11) is -4.09. The van der Waals surface area contributed by atoms with E-state index in [-0.39, 0.29) is 30.0 Å². The Morgan fingerprint density at radius 1 is 0.946 bits per heavy atom. The molecule has 0 saturated heterocycles. The highest BCUT2D eigenvalue weighted by Crippen LogP contribution is 2.34. The predicted molar refractivity (Wildman–Crippen MR) is 135 cm³/mol. The van der Waals surface area contributed by atoms with E-state index >= 15 is 0 Å². The van der Waals surface area contributed by atoms with E-state index in [1.807, 2.05) is 44.2 Å². The van der Waals surface area contributed by atoms with E-state index in [0.717, 1.165) is 34.4 Å². The van der Waals surface area contributed by atoms with Crippen molar-refractivity contribution in [3.63, 3.8) is 0 Å². The normalized spacial score (nSPS) is 16.4. The van der Waals surface area contributed by atoms with Gasteiger partial charge in [0.05, 0.1) is 10.5 Å². The predicted octanol–water partition coefficient (Wildman–Crippen LogP) is 5.37. The number of sulfonamides is 1. The van der Waals surface area contributed by atoms with Gasteiger partial charge in [0.1, 0.15) is 6.04 Å². The molecule has 0 radical (unpaired) electrons. The van der Waals surface area contributed by atoms with Crippen molar-refractivity contribution in [3.8, 4) is 0 Å². The molecule has 3 aromatic carbocycles.